The smallest absolute Gasteiger partial charge is 0.178 e. The highest BCUT2D eigenvalue weighted by molar-refractivity contribution is 7.90. The van der Waals surface area contributed by atoms with Crippen LogP contribution in [0.25, 0.3) is 0 Å². The molecule has 84 valence electrons. The van der Waals surface area contributed by atoms with E-state index in [1.54, 1.807) is 0 Å². The van der Waals surface area contributed by atoms with E-state index in [2.05, 4.69) is 0 Å². The first kappa shape index (κ1) is 12.1. The number of halogens is 2. The van der Waals surface area contributed by atoms with Gasteiger partial charge in [0.15, 0.2) is 9.84 Å². The van der Waals surface area contributed by atoms with E-state index >= 15 is 0 Å². The molecule has 0 aliphatic heterocycles. The summed E-state index contributed by atoms with van der Waals surface area (Å²) in [5, 5.41) is 0. The molecule has 1 unspecified atom stereocenters. The molecule has 0 aromatic heterocycles. The molecular formula is C9H11F2NO2S. The summed E-state index contributed by atoms with van der Waals surface area (Å²) < 4.78 is 49.0. The molecule has 0 aliphatic rings. The van der Waals surface area contributed by atoms with Gasteiger partial charge in [-0.3, -0.25) is 0 Å². The van der Waals surface area contributed by atoms with E-state index in [4.69, 9.17) is 5.73 Å². The predicted molar refractivity (Wildman–Crippen MR) is 52.1 cm³/mol. The van der Waals surface area contributed by atoms with Gasteiger partial charge >= 0.3 is 0 Å². The van der Waals surface area contributed by atoms with Crippen molar-refractivity contribution in [3.05, 3.63) is 29.3 Å². The van der Waals surface area contributed by atoms with E-state index in [1.165, 1.54) is 6.92 Å². The van der Waals surface area contributed by atoms with E-state index in [0.717, 1.165) is 18.4 Å². The Labute approximate surface area is 86.8 Å². The molecule has 0 aliphatic carbocycles. The second-order valence-corrected chi connectivity index (χ2v) is 5.32. The van der Waals surface area contributed by atoms with Crippen molar-refractivity contribution >= 4 is 9.84 Å². The van der Waals surface area contributed by atoms with Gasteiger partial charge in [-0.05, 0) is 19.1 Å². The zero-order valence-corrected chi connectivity index (χ0v) is 9.11. The summed E-state index contributed by atoms with van der Waals surface area (Å²) >= 11 is 0. The van der Waals surface area contributed by atoms with Crippen molar-refractivity contribution in [3.63, 3.8) is 0 Å². The highest BCUT2D eigenvalue weighted by atomic mass is 32.2. The minimum absolute atomic E-state index is 0.405. The third-order valence-electron chi connectivity index (χ3n) is 1.95. The van der Waals surface area contributed by atoms with Crippen LogP contribution in [0, 0.1) is 11.6 Å². The van der Waals surface area contributed by atoms with Crippen LogP contribution in [0.1, 0.15) is 18.5 Å². The third kappa shape index (κ3) is 2.32. The molecule has 0 amide bonds. The van der Waals surface area contributed by atoms with Gasteiger partial charge < -0.3 is 5.73 Å². The van der Waals surface area contributed by atoms with Gasteiger partial charge in [-0.2, -0.15) is 0 Å². The first-order valence-electron chi connectivity index (χ1n) is 4.18. The fourth-order valence-corrected chi connectivity index (χ4v) is 2.00. The van der Waals surface area contributed by atoms with Gasteiger partial charge in [0.1, 0.15) is 16.5 Å². The zero-order chi connectivity index (χ0) is 11.8. The lowest BCUT2D eigenvalue weighted by Gasteiger charge is -2.11. The van der Waals surface area contributed by atoms with Crippen molar-refractivity contribution in [1.82, 2.24) is 0 Å². The number of nitrogens with two attached hydrogens (primary N) is 1. The molecule has 0 fully saturated rings. The van der Waals surface area contributed by atoms with Gasteiger partial charge in [-0.25, -0.2) is 17.2 Å². The Bertz CT molecular complexity index is 483. The minimum Gasteiger partial charge on any atom is -0.324 e. The number of hydrogen-bond acceptors (Lipinski definition) is 3. The SMILES string of the molecule is CC(N)c1c(F)ccc(S(C)(=O)=O)c1F. The zero-order valence-electron chi connectivity index (χ0n) is 8.29. The number of sulfone groups is 1. The Kier molecular flexibility index (Phi) is 3.11. The van der Waals surface area contributed by atoms with E-state index in [1.807, 2.05) is 0 Å². The summed E-state index contributed by atoms with van der Waals surface area (Å²) in [4.78, 5) is -0.531. The van der Waals surface area contributed by atoms with Gasteiger partial charge in [-0.15, -0.1) is 0 Å². The van der Waals surface area contributed by atoms with Crippen LogP contribution in [-0.2, 0) is 9.84 Å². The second-order valence-electron chi connectivity index (χ2n) is 3.33. The molecule has 0 radical (unpaired) electrons. The van der Waals surface area contributed by atoms with Crippen molar-refractivity contribution in [2.75, 3.05) is 6.26 Å². The Balaban J connectivity index is 3.56. The normalized spacial score (nSPS) is 13.9. The molecule has 3 nitrogen and oxygen atoms in total. The topological polar surface area (TPSA) is 60.2 Å². The third-order valence-corrected chi connectivity index (χ3v) is 3.06. The summed E-state index contributed by atoms with van der Waals surface area (Å²) in [5.41, 5.74) is 4.95. The molecule has 1 atom stereocenters. The van der Waals surface area contributed by atoms with Crippen LogP contribution in [0.15, 0.2) is 17.0 Å². The van der Waals surface area contributed by atoms with Crippen molar-refractivity contribution in [1.29, 1.82) is 0 Å². The maximum absolute atomic E-state index is 13.6. The van der Waals surface area contributed by atoms with Crippen molar-refractivity contribution in [2.24, 2.45) is 5.73 Å². The summed E-state index contributed by atoms with van der Waals surface area (Å²) in [7, 11) is -3.70. The van der Waals surface area contributed by atoms with Crippen LogP contribution in [0.4, 0.5) is 8.78 Å². The monoisotopic (exact) mass is 235 g/mol. The molecule has 1 aromatic rings. The fourth-order valence-electron chi connectivity index (χ4n) is 1.25. The minimum atomic E-state index is -3.70. The summed E-state index contributed by atoms with van der Waals surface area (Å²) in [6, 6.07) is 0.899. The van der Waals surface area contributed by atoms with Crippen LogP contribution in [0.5, 0.6) is 0 Å². The molecular weight excluding hydrogens is 224 g/mol. The summed E-state index contributed by atoms with van der Waals surface area (Å²) in [6.45, 7) is 1.38. The molecule has 0 heterocycles. The molecule has 2 N–H and O–H groups in total. The van der Waals surface area contributed by atoms with Gasteiger partial charge in [0.05, 0.1) is 0 Å². The maximum atomic E-state index is 13.6. The molecule has 0 bridgehead atoms. The van der Waals surface area contributed by atoms with E-state index in [0.29, 0.717) is 0 Å². The summed E-state index contributed by atoms with van der Waals surface area (Å²) in [5.74, 6) is -1.94. The molecule has 6 heteroatoms. The summed E-state index contributed by atoms with van der Waals surface area (Å²) in [6.07, 6.45) is 0.855. The quantitative estimate of drug-likeness (QED) is 0.788. The van der Waals surface area contributed by atoms with E-state index in [-0.39, 0.29) is 0 Å². The van der Waals surface area contributed by atoms with Crippen LogP contribution in [0.3, 0.4) is 0 Å². The molecule has 0 saturated heterocycles. The van der Waals surface area contributed by atoms with Crippen molar-refractivity contribution < 1.29 is 17.2 Å². The maximum Gasteiger partial charge on any atom is 0.178 e. The predicted octanol–water partition coefficient (Wildman–Crippen LogP) is 1.39. The van der Waals surface area contributed by atoms with Gasteiger partial charge in [-0.1, -0.05) is 0 Å². The van der Waals surface area contributed by atoms with E-state index < -0.39 is 38.0 Å². The van der Waals surface area contributed by atoms with Gasteiger partial charge in [0.2, 0.25) is 0 Å². The highest BCUT2D eigenvalue weighted by Gasteiger charge is 2.21. The first-order valence-corrected chi connectivity index (χ1v) is 6.08. The highest BCUT2D eigenvalue weighted by Crippen LogP contribution is 2.24. The van der Waals surface area contributed by atoms with Crippen LogP contribution < -0.4 is 5.73 Å². The van der Waals surface area contributed by atoms with Crippen LogP contribution in [0.2, 0.25) is 0 Å². The fraction of sp³-hybridized carbons (Fsp3) is 0.333. The average Bonchev–Trinajstić information content (AvgIpc) is 2.00. The lowest BCUT2D eigenvalue weighted by atomic mass is 10.1. The first-order chi connectivity index (χ1) is 6.75. The number of benzene rings is 1. The van der Waals surface area contributed by atoms with Gasteiger partial charge in [0.25, 0.3) is 0 Å². The van der Waals surface area contributed by atoms with E-state index in [9.17, 15) is 17.2 Å². The van der Waals surface area contributed by atoms with Gasteiger partial charge in [0, 0.05) is 17.9 Å². The molecule has 1 aromatic carbocycles. The Morgan fingerprint density at radius 3 is 2.27 bits per heavy atom. The Hall–Kier alpha value is -1.01. The standard InChI is InChI=1S/C9H11F2NO2S/c1-5(12)8-6(10)3-4-7(9(8)11)15(2,13)14/h3-5H,12H2,1-2H3. The van der Waals surface area contributed by atoms with Crippen LogP contribution in [-0.4, -0.2) is 14.7 Å². The van der Waals surface area contributed by atoms with Crippen molar-refractivity contribution in [2.45, 2.75) is 17.9 Å². The second kappa shape index (κ2) is 3.86. The molecule has 15 heavy (non-hydrogen) atoms. The molecule has 1 rings (SSSR count). The number of hydrogen-bond donors (Lipinski definition) is 1. The molecule has 0 spiro atoms. The van der Waals surface area contributed by atoms with Crippen molar-refractivity contribution in [3.8, 4) is 0 Å². The average molecular weight is 235 g/mol. The Morgan fingerprint density at radius 2 is 1.87 bits per heavy atom. The lowest BCUT2D eigenvalue weighted by molar-refractivity contribution is 0.514. The molecule has 0 saturated carbocycles. The van der Waals surface area contributed by atoms with Crippen LogP contribution >= 0.6 is 0 Å². The Morgan fingerprint density at radius 1 is 1.33 bits per heavy atom. The number of rotatable bonds is 2. The lowest BCUT2D eigenvalue weighted by Crippen LogP contribution is -2.13. The largest absolute Gasteiger partial charge is 0.324 e.